The van der Waals surface area contributed by atoms with Crippen molar-refractivity contribution in [1.29, 1.82) is 0 Å². The Morgan fingerprint density at radius 3 is 2.37 bits per heavy atom. The molecule has 0 bridgehead atoms. The zero-order chi connectivity index (χ0) is 26.6. The lowest BCUT2D eigenvalue weighted by Crippen LogP contribution is -2.57. The molecule has 2 aromatic heterocycles. The minimum atomic E-state index is 0.170. The summed E-state index contributed by atoms with van der Waals surface area (Å²) in [4.78, 5) is 18.5. The zero-order valence-electron chi connectivity index (χ0n) is 22.9. The highest BCUT2D eigenvalue weighted by Gasteiger charge is 2.30. The molecule has 2 aliphatic heterocycles. The van der Waals surface area contributed by atoms with Crippen LogP contribution in [-0.2, 0) is 4.79 Å². The first-order chi connectivity index (χ1) is 18.4. The number of piperazine rings is 1. The molecule has 10 nitrogen and oxygen atoms in total. The van der Waals surface area contributed by atoms with Crippen LogP contribution in [-0.4, -0.2) is 94.0 Å². The molecule has 3 aromatic rings. The molecule has 1 amide bonds. The zero-order valence-corrected chi connectivity index (χ0v) is 22.9. The lowest BCUT2D eigenvalue weighted by molar-refractivity contribution is -0.133. The summed E-state index contributed by atoms with van der Waals surface area (Å²) in [5, 5.41) is 12.8. The third kappa shape index (κ3) is 5.70. The molecule has 0 unspecified atom stereocenters. The first kappa shape index (κ1) is 26.2. The number of hydrogen-bond acceptors (Lipinski definition) is 8. The molecule has 2 aliphatic rings. The van der Waals surface area contributed by atoms with E-state index in [1.165, 1.54) is 5.56 Å². The van der Waals surface area contributed by atoms with Gasteiger partial charge in [0.25, 0.3) is 0 Å². The van der Waals surface area contributed by atoms with Gasteiger partial charge in [0.2, 0.25) is 5.91 Å². The van der Waals surface area contributed by atoms with E-state index in [9.17, 15) is 4.79 Å². The van der Waals surface area contributed by atoms with Crippen molar-refractivity contribution in [3.63, 3.8) is 0 Å². The first-order valence-electron chi connectivity index (χ1n) is 13.7. The number of carbonyl (C=O) groups excluding carboxylic acids is 1. The van der Waals surface area contributed by atoms with Gasteiger partial charge in [0.15, 0.2) is 5.65 Å². The maximum atomic E-state index is 11.7. The molecule has 10 heteroatoms. The van der Waals surface area contributed by atoms with Crippen LogP contribution in [0.4, 0.5) is 5.82 Å². The van der Waals surface area contributed by atoms with Gasteiger partial charge in [-0.3, -0.25) is 9.69 Å². The minimum Gasteiger partial charge on any atom is -0.494 e. The predicted octanol–water partition coefficient (Wildman–Crippen LogP) is 3.23. The monoisotopic (exact) mass is 521 g/mol. The molecule has 2 atom stereocenters. The van der Waals surface area contributed by atoms with E-state index in [1.807, 2.05) is 17.0 Å². The van der Waals surface area contributed by atoms with Crippen molar-refractivity contribution in [2.45, 2.75) is 58.0 Å². The van der Waals surface area contributed by atoms with Crippen molar-refractivity contribution in [3.05, 3.63) is 42.0 Å². The van der Waals surface area contributed by atoms with Crippen molar-refractivity contribution in [1.82, 2.24) is 29.6 Å². The quantitative estimate of drug-likeness (QED) is 0.418. The van der Waals surface area contributed by atoms with Crippen LogP contribution in [0.5, 0.6) is 11.8 Å². The maximum Gasteiger partial charge on any atom is 0.338 e. The van der Waals surface area contributed by atoms with Crippen molar-refractivity contribution in [2.75, 3.05) is 51.3 Å². The Kier molecular flexibility index (Phi) is 7.97. The second-order valence-electron chi connectivity index (χ2n) is 10.5. The molecule has 5 rings (SSSR count). The molecule has 2 fully saturated rings. The lowest BCUT2D eigenvalue weighted by atomic mass is 9.89. The van der Waals surface area contributed by atoms with Gasteiger partial charge >= 0.3 is 6.01 Å². The van der Waals surface area contributed by atoms with Gasteiger partial charge in [0.1, 0.15) is 11.6 Å². The predicted molar refractivity (Wildman–Crippen MR) is 146 cm³/mol. The van der Waals surface area contributed by atoms with Gasteiger partial charge in [-0.15, -0.1) is 10.2 Å². The fourth-order valence-corrected chi connectivity index (χ4v) is 5.83. The van der Waals surface area contributed by atoms with Crippen LogP contribution in [0.1, 0.15) is 51.5 Å². The van der Waals surface area contributed by atoms with E-state index in [1.54, 1.807) is 18.5 Å². The molecular weight excluding hydrogens is 482 g/mol. The van der Waals surface area contributed by atoms with E-state index in [0.29, 0.717) is 36.3 Å². The number of anilines is 1. The van der Waals surface area contributed by atoms with E-state index < -0.39 is 0 Å². The molecule has 0 aliphatic carbocycles. The van der Waals surface area contributed by atoms with Gasteiger partial charge in [-0.1, -0.05) is 17.2 Å². The molecule has 38 heavy (non-hydrogen) atoms. The number of methoxy groups -OCH3 is 1. The van der Waals surface area contributed by atoms with Crippen LogP contribution in [0.3, 0.4) is 0 Å². The van der Waals surface area contributed by atoms with Crippen LogP contribution in [0.2, 0.25) is 0 Å². The molecule has 0 N–H and O–H groups in total. The van der Waals surface area contributed by atoms with Crippen LogP contribution in [0.25, 0.3) is 5.65 Å². The first-order valence-corrected chi connectivity index (χ1v) is 13.7. The van der Waals surface area contributed by atoms with E-state index in [-0.39, 0.29) is 5.91 Å². The van der Waals surface area contributed by atoms with Crippen LogP contribution >= 0.6 is 0 Å². The normalized spacial score (nSPS) is 21.2. The number of piperidine rings is 1. The number of rotatable bonds is 8. The van der Waals surface area contributed by atoms with Gasteiger partial charge in [-0.2, -0.15) is 4.52 Å². The number of benzene rings is 1. The Bertz CT molecular complexity index is 1210. The number of hydrogen-bond donors (Lipinski definition) is 0. The summed E-state index contributed by atoms with van der Waals surface area (Å²) >= 11 is 0. The molecule has 0 spiro atoms. The summed E-state index contributed by atoms with van der Waals surface area (Å²) in [5.74, 6) is 2.55. The Hall–Kier alpha value is -3.40. The smallest absolute Gasteiger partial charge is 0.338 e. The number of fused-ring (bicyclic) bond motifs is 1. The lowest BCUT2D eigenvalue weighted by Gasteiger charge is -2.44. The average molecular weight is 522 g/mol. The Labute approximate surface area is 224 Å². The second-order valence-corrected chi connectivity index (χ2v) is 10.5. The second kappa shape index (κ2) is 11.6. The minimum absolute atomic E-state index is 0.170. The number of ether oxygens (including phenoxy) is 2. The maximum absolute atomic E-state index is 11.7. The molecule has 204 valence electrons. The largest absolute Gasteiger partial charge is 0.494 e. The van der Waals surface area contributed by atoms with Crippen molar-refractivity contribution in [3.8, 4) is 11.8 Å². The van der Waals surface area contributed by atoms with Gasteiger partial charge in [-0.05, 0) is 68.9 Å². The van der Waals surface area contributed by atoms with Crippen molar-refractivity contribution in [2.24, 2.45) is 0 Å². The molecular formula is C28H39N7O3. The highest BCUT2D eigenvalue weighted by Crippen LogP contribution is 2.31. The van der Waals surface area contributed by atoms with Crippen LogP contribution in [0, 0.1) is 0 Å². The Morgan fingerprint density at radius 2 is 1.71 bits per heavy atom. The molecule has 2 saturated heterocycles. The van der Waals surface area contributed by atoms with Gasteiger partial charge in [-0.25, -0.2) is 0 Å². The molecule has 0 saturated carbocycles. The summed E-state index contributed by atoms with van der Waals surface area (Å²) in [5.41, 5.74) is 2.05. The summed E-state index contributed by atoms with van der Waals surface area (Å²) in [7, 11) is 1.58. The summed E-state index contributed by atoms with van der Waals surface area (Å²) in [6.07, 6.45) is 3.12. The summed E-state index contributed by atoms with van der Waals surface area (Å²) in [6.45, 7) is 11.3. The summed E-state index contributed by atoms with van der Waals surface area (Å²) < 4.78 is 13.0. The highest BCUT2D eigenvalue weighted by atomic mass is 16.5. The third-order valence-electron chi connectivity index (χ3n) is 7.95. The fraction of sp³-hybridized carbons (Fsp3) is 0.571. The third-order valence-corrected chi connectivity index (χ3v) is 7.95. The van der Waals surface area contributed by atoms with Crippen LogP contribution in [0.15, 0.2) is 36.4 Å². The highest BCUT2D eigenvalue weighted by molar-refractivity contribution is 5.73. The number of nitrogens with zero attached hydrogens (tertiary/aromatic N) is 7. The van der Waals surface area contributed by atoms with Gasteiger partial charge < -0.3 is 19.3 Å². The fourth-order valence-electron chi connectivity index (χ4n) is 5.83. The number of aromatic nitrogens is 4. The van der Waals surface area contributed by atoms with Crippen molar-refractivity contribution < 1.29 is 14.3 Å². The van der Waals surface area contributed by atoms with Gasteiger partial charge in [0, 0.05) is 51.7 Å². The van der Waals surface area contributed by atoms with E-state index >= 15 is 0 Å². The Balaban J connectivity index is 1.07. The van der Waals surface area contributed by atoms with Gasteiger partial charge in [0.05, 0.1) is 13.7 Å². The Morgan fingerprint density at radius 1 is 1.00 bits per heavy atom. The molecule has 0 radical (unpaired) electrons. The summed E-state index contributed by atoms with van der Waals surface area (Å²) in [6, 6.07) is 13.7. The average Bonchev–Trinajstić information content (AvgIpc) is 3.35. The number of amides is 1. The SMILES string of the molecule is COc1nnc2ccc(N3CCC(c4ccc(OCCCN5[C@H](C)CN(C(C)=O)C[C@H]5C)cc4)CC3)nn12. The van der Waals surface area contributed by atoms with Crippen molar-refractivity contribution >= 4 is 17.4 Å². The molecule has 1 aromatic carbocycles. The van der Waals surface area contributed by atoms with Crippen LogP contribution < -0.4 is 14.4 Å². The number of carbonyl (C=O) groups is 1. The van der Waals surface area contributed by atoms with E-state index in [4.69, 9.17) is 9.47 Å². The van der Waals surface area contributed by atoms with E-state index in [0.717, 1.165) is 63.6 Å². The standard InChI is InChI=1S/C28H39N7O3/c1-20-18-33(22(3)36)19-21(2)34(20)14-5-17-38-25-8-6-23(7-9-25)24-12-15-32(16-13-24)27-11-10-26-29-30-28(37-4)35(26)31-27/h6-11,20-21,24H,5,12-19H2,1-4H3/t20-,21-/m1/s1. The topological polar surface area (TPSA) is 88.3 Å². The van der Waals surface area contributed by atoms with E-state index in [2.05, 4.69) is 63.2 Å². The molecule has 4 heterocycles.